The molecule has 4 rings (SSSR count). The van der Waals surface area contributed by atoms with Gasteiger partial charge in [-0.15, -0.1) is 11.3 Å². The van der Waals surface area contributed by atoms with Gasteiger partial charge in [0, 0.05) is 10.1 Å². The van der Waals surface area contributed by atoms with E-state index in [0.717, 1.165) is 15.6 Å². The van der Waals surface area contributed by atoms with Crippen LogP contribution in [0.2, 0.25) is 5.02 Å². The molecule has 0 spiro atoms. The molecular formula is C26H21ClN2O5S. The van der Waals surface area contributed by atoms with Crippen LogP contribution in [0.25, 0.3) is 10.1 Å². The molecule has 0 radical (unpaired) electrons. The Morgan fingerprint density at radius 1 is 1.06 bits per heavy atom. The number of hydrogen-bond acceptors (Lipinski definition) is 7. The molecule has 1 heterocycles. The Morgan fingerprint density at radius 2 is 1.89 bits per heavy atom. The van der Waals surface area contributed by atoms with E-state index >= 15 is 0 Å². The molecule has 4 aromatic rings. The monoisotopic (exact) mass is 508 g/mol. The maximum absolute atomic E-state index is 12.7. The number of nitrogens with zero attached hydrogens (tertiary/aromatic N) is 1. The fourth-order valence-electron chi connectivity index (χ4n) is 3.21. The van der Waals surface area contributed by atoms with E-state index in [2.05, 4.69) is 10.5 Å². The lowest BCUT2D eigenvalue weighted by Crippen LogP contribution is -2.24. The first kappa shape index (κ1) is 24.3. The summed E-state index contributed by atoms with van der Waals surface area (Å²) in [6.07, 6.45) is 1.45. The van der Waals surface area contributed by atoms with Crippen LogP contribution in [0.15, 0.2) is 71.8 Å². The molecule has 0 aliphatic carbocycles. The molecule has 0 saturated carbocycles. The standard InChI is InChI=1S/C26H21ClN2O5S/c1-16-6-5-7-18(12-16)33-15-23(30)29-28-14-17-10-11-20(21(13-17)32-2)34-26(31)25-24(27)19-8-3-4-9-22(19)35-25/h3-14H,15H2,1-2H3,(H,29,30)/b28-14+. The van der Waals surface area contributed by atoms with Gasteiger partial charge in [-0.25, -0.2) is 10.2 Å². The van der Waals surface area contributed by atoms with Crippen LogP contribution in [-0.2, 0) is 4.79 Å². The van der Waals surface area contributed by atoms with Gasteiger partial charge in [0.05, 0.1) is 18.3 Å². The summed E-state index contributed by atoms with van der Waals surface area (Å²) in [4.78, 5) is 25.0. The van der Waals surface area contributed by atoms with Crippen molar-refractivity contribution in [2.75, 3.05) is 13.7 Å². The maximum atomic E-state index is 12.7. The van der Waals surface area contributed by atoms with Gasteiger partial charge in [-0.2, -0.15) is 5.10 Å². The highest BCUT2D eigenvalue weighted by molar-refractivity contribution is 7.21. The van der Waals surface area contributed by atoms with Gasteiger partial charge in [-0.1, -0.05) is 41.9 Å². The first-order valence-electron chi connectivity index (χ1n) is 10.5. The van der Waals surface area contributed by atoms with Crippen molar-refractivity contribution in [2.45, 2.75) is 6.92 Å². The van der Waals surface area contributed by atoms with Crippen molar-refractivity contribution in [1.82, 2.24) is 5.43 Å². The summed E-state index contributed by atoms with van der Waals surface area (Å²) in [5.41, 5.74) is 4.07. The average molecular weight is 509 g/mol. The summed E-state index contributed by atoms with van der Waals surface area (Å²) in [6, 6.07) is 19.8. The number of carbonyl (C=O) groups excluding carboxylic acids is 2. The molecule has 0 unspecified atom stereocenters. The van der Waals surface area contributed by atoms with E-state index in [-0.39, 0.29) is 12.4 Å². The van der Waals surface area contributed by atoms with Crippen molar-refractivity contribution in [1.29, 1.82) is 0 Å². The number of amides is 1. The number of hydrazone groups is 1. The predicted octanol–water partition coefficient (Wildman–Crippen LogP) is 5.62. The Balaban J connectivity index is 1.37. The SMILES string of the molecule is COc1cc(/C=N/NC(=O)COc2cccc(C)c2)ccc1OC(=O)c1sc2ccccc2c1Cl. The second-order valence-corrected chi connectivity index (χ2v) is 8.87. The zero-order valence-electron chi connectivity index (χ0n) is 18.9. The molecule has 0 fully saturated rings. The summed E-state index contributed by atoms with van der Waals surface area (Å²) in [6.45, 7) is 1.77. The Bertz CT molecular complexity index is 1420. The molecule has 0 atom stereocenters. The molecule has 0 aliphatic rings. The highest BCUT2D eigenvalue weighted by Gasteiger charge is 2.20. The minimum atomic E-state index is -0.572. The van der Waals surface area contributed by atoms with Crippen LogP contribution in [0.5, 0.6) is 17.2 Å². The van der Waals surface area contributed by atoms with Gasteiger partial charge in [0.25, 0.3) is 5.91 Å². The number of benzene rings is 3. The average Bonchev–Trinajstić information content (AvgIpc) is 3.20. The van der Waals surface area contributed by atoms with E-state index in [4.69, 9.17) is 25.8 Å². The number of fused-ring (bicyclic) bond motifs is 1. The normalized spacial score (nSPS) is 10.9. The molecule has 3 aromatic carbocycles. The third-order valence-corrected chi connectivity index (χ3v) is 6.53. The van der Waals surface area contributed by atoms with Gasteiger partial charge in [0.2, 0.25) is 0 Å². The lowest BCUT2D eigenvalue weighted by molar-refractivity contribution is -0.123. The number of carbonyl (C=O) groups is 2. The van der Waals surface area contributed by atoms with Crippen LogP contribution < -0.4 is 19.6 Å². The molecule has 9 heteroatoms. The predicted molar refractivity (Wildman–Crippen MR) is 137 cm³/mol. The van der Waals surface area contributed by atoms with Gasteiger partial charge in [0.15, 0.2) is 18.1 Å². The van der Waals surface area contributed by atoms with E-state index in [1.807, 2.05) is 49.4 Å². The van der Waals surface area contributed by atoms with Crippen LogP contribution >= 0.6 is 22.9 Å². The third-order valence-electron chi connectivity index (χ3n) is 4.87. The molecule has 178 valence electrons. The first-order chi connectivity index (χ1) is 16.9. The van der Waals surface area contributed by atoms with Gasteiger partial charge in [-0.05, 0) is 54.4 Å². The van der Waals surface area contributed by atoms with Crippen molar-refractivity contribution in [3.63, 3.8) is 0 Å². The molecule has 1 amide bonds. The van der Waals surface area contributed by atoms with Gasteiger partial charge >= 0.3 is 5.97 Å². The molecular weight excluding hydrogens is 488 g/mol. The number of aryl methyl sites for hydroxylation is 1. The summed E-state index contributed by atoms with van der Waals surface area (Å²) in [7, 11) is 1.46. The molecule has 35 heavy (non-hydrogen) atoms. The zero-order valence-corrected chi connectivity index (χ0v) is 20.5. The number of rotatable bonds is 8. The molecule has 1 aromatic heterocycles. The first-order valence-corrected chi connectivity index (χ1v) is 11.7. The van der Waals surface area contributed by atoms with Crippen molar-refractivity contribution >= 4 is 51.1 Å². The van der Waals surface area contributed by atoms with Crippen molar-refractivity contribution in [2.24, 2.45) is 5.10 Å². The van der Waals surface area contributed by atoms with Crippen LogP contribution in [-0.4, -0.2) is 31.8 Å². The van der Waals surface area contributed by atoms with E-state index in [0.29, 0.717) is 27.0 Å². The zero-order chi connectivity index (χ0) is 24.8. The fraction of sp³-hybridized carbons (Fsp3) is 0.115. The Hall–Kier alpha value is -3.88. The molecule has 0 saturated heterocycles. The van der Waals surface area contributed by atoms with Crippen molar-refractivity contribution in [3.05, 3.63) is 87.8 Å². The fourth-order valence-corrected chi connectivity index (χ4v) is 4.59. The summed E-state index contributed by atoms with van der Waals surface area (Å²) >= 11 is 7.65. The summed E-state index contributed by atoms with van der Waals surface area (Å²) in [5, 5.41) is 5.10. The Labute approximate surface area is 210 Å². The van der Waals surface area contributed by atoms with E-state index in [9.17, 15) is 9.59 Å². The van der Waals surface area contributed by atoms with Crippen LogP contribution in [0.1, 0.15) is 20.8 Å². The topological polar surface area (TPSA) is 86.2 Å². The summed E-state index contributed by atoms with van der Waals surface area (Å²) < 4.78 is 17.2. The second-order valence-electron chi connectivity index (χ2n) is 7.44. The lowest BCUT2D eigenvalue weighted by Gasteiger charge is -2.09. The second kappa shape index (κ2) is 11.0. The number of hydrogen-bond donors (Lipinski definition) is 1. The number of halogens is 1. The van der Waals surface area contributed by atoms with Crippen LogP contribution in [0.3, 0.4) is 0 Å². The smallest absolute Gasteiger partial charge is 0.355 e. The van der Waals surface area contributed by atoms with E-state index in [1.165, 1.54) is 24.7 Å². The van der Waals surface area contributed by atoms with Crippen molar-refractivity contribution < 1.29 is 23.8 Å². The minimum Gasteiger partial charge on any atom is -0.493 e. The van der Waals surface area contributed by atoms with E-state index < -0.39 is 11.9 Å². The Morgan fingerprint density at radius 3 is 2.66 bits per heavy atom. The van der Waals surface area contributed by atoms with Crippen LogP contribution in [0.4, 0.5) is 0 Å². The quantitative estimate of drug-likeness (QED) is 0.144. The van der Waals surface area contributed by atoms with Crippen molar-refractivity contribution in [3.8, 4) is 17.2 Å². The Kier molecular flexibility index (Phi) is 7.64. The number of ether oxygens (including phenoxy) is 3. The minimum absolute atomic E-state index is 0.167. The molecule has 0 aliphatic heterocycles. The van der Waals surface area contributed by atoms with Crippen LogP contribution in [0, 0.1) is 6.92 Å². The number of esters is 1. The largest absolute Gasteiger partial charge is 0.493 e. The summed E-state index contributed by atoms with van der Waals surface area (Å²) in [5.74, 6) is 0.195. The molecule has 7 nitrogen and oxygen atoms in total. The highest BCUT2D eigenvalue weighted by Crippen LogP contribution is 2.37. The number of methoxy groups -OCH3 is 1. The lowest BCUT2D eigenvalue weighted by atomic mass is 10.2. The van der Waals surface area contributed by atoms with E-state index in [1.54, 1.807) is 24.3 Å². The van der Waals surface area contributed by atoms with Gasteiger partial charge in [-0.3, -0.25) is 4.79 Å². The number of thiophene rings is 1. The maximum Gasteiger partial charge on any atom is 0.355 e. The third kappa shape index (κ3) is 5.98. The highest BCUT2D eigenvalue weighted by atomic mass is 35.5. The molecule has 1 N–H and O–H groups in total. The van der Waals surface area contributed by atoms with Gasteiger partial charge < -0.3 is 14.2 Å². The number of nitrogens with one attached hydrogen (secondary N) is 1. The molecule has 0 bridgehead atoms. The van der Waals surface area contributed by atoms with Gasteiger partial charge in [0.1, 0.15) is 10.6 Å².